The number of para-hydroxylation sites is 3. The molecule has 1 amide bonds. The number of fused-ring (bicyclic) bond motifs is 1. The third-order valence-electron chi connectivity index (χ3n) is 4.90. The summed E-state index contributed by atoms with van der Waals surface area (Å²) in [6.07, 6.45) is 0. The number of furan rings is 1. The van der Waals surface area contributed by atoms with Crippen LogP contribution in [0.4, 0.5) is 11.4 Å². The van der Waals surface area contributed by atoms with E-state index in [9.17, 15) is 14.9 Å². The van der Waals surface area contributed by atoms with Crippen molar-refractivity contribution in [3.05, 3.63) is 101 Å². The van der Waals surface area contributed by atoms with Crippen LogP contribution < -0.4 is 5.32 Å². The normalized spacial score (nSPS) is 10.9. The average Bonchev–Trinajstić information content (AvgIpc) is 3.47. The Bertz CT molecular complexity index is 1440. The number of nitro groups is 1. The number of carbonyl (C=O) groups is 1. The number of nitrogens with one attached hydrogen (secondary N) is 1. The fourth-order valence-corrected chi connectivity index (χ4v) is 4.40. The molecule has 0 aliphatic heterocycles. The summed E-state index contributed by atoms with van der Waals surface area (Å²) in [6, 6.07) is 24.5. The number of hydrogen-bond donors (Lipinski definition) is 1. The highest BCUT2D eigenvalue weighted by Gasteiger charge is 2.20. The van der Waals surface area contributed by atoms with Gasteiger partial charge < -0.3 is 9.73 Å². The number of nitrogens with zero attached hydrogens (tertiary/aromatic N) is 2. The molecule has 0 spiro atoms. The zero-order valence-electron chi connectivity index (χ0n) is 16.5. The van der Waals surface area contributed by atoms with E-state index in [1.54, 1.807) is 41.7 Å². The van der Waals surface area contributed by atoms with E-state index in [1.807, 2.05) is 42.5 Å². The Kier molecular flexibility index (Phi) is 4.97. The monoisotopic (exact) mass is 441 g/mol. The summed E-state index contributed by atoms with van der Waals surface area (Å²) < 4.78 is 6.72. The number of rotatable bonds is 5. The van der Waals surface area contributed by atoms with Crippen molar-refractivity contribution in [2.45, 2.75) is 0 Å². The molecule has 0 aliphatic rings. The highest BCUT2D eigenvalue weighted by Crippen LogP contribution is 2.35. The number of thiazole rings is 1. The summed E-state index contributed by atoms with van der Waals surface area (Å²) >= 11 is 1.54. The topological polar surface area (TPSA) is 98.3 Å². The molecule has 1 N–H and O–H groups in total. The maximum Gasteiger partial charge on any atom is 0.291 e. The van der Waals surface area contributed by atoms with E-state index in [4.69, 9.17) is 4.42 Å². The van der Waals surface area contributed by atoms with E-state index < -0.39 is 10.8 Å². The summed E-state index contributed by atoms with van der Waals surface area (Å²) in [5.74, 6) is -0.150. The minimum Gasteiger partial charge on any atom is -0.451 e. The second-order valence-corrected chi connectivity index (χ2v) is 7.96. The number of hydrogen-bond acceptors (Lipinski definition) is 6. The van der Waals surface area contributed by atoms with Gasteiger partial charge in [-0.1, -0.05) is 36.4 Å². The van der Waals surface area contributed by atoms with E-state index in [0.717, 1.165) is 20.8 Å². The maximum absolute atomic E-state index is 12.9. The molecule has 5 aromatic rings. The Morgan fingerprint density at radius 1 is 0.906 bits per heavy atom. The molecule has 2 aromatic heterocycles. The highest BCUT2D eigenvalue weighted by molar-refractivity contribution is 7.21. The van der Waals surface area contributed by atoms with Crippen molar-refractivity contribution in [1.29, 1.82) is 0 Å². The third kappa shape index (κ3) is 3.63. The van der Waals surface area contributed by atoms with Gasteiger partial charge in [-0.25, -0.2) is 4.98 Å². The van der Waals surface area contributed by atoms with Crippen LogP contribution in [0.3, 0.4) is 0 Å². The molecule has 156 valence electrons. The van der Waals surface area contributed by atoms with Crippen molar-refractivity contribution >= 4 is 38.8 Å². The quantitative estimate of drug-likeness (QED) is 0.252. The molecule has 5 rings (SSSR count). The Balaban J connectivity index is 1.44. The van der Waals surface area contributed by atoms with Crippen molar-refractivity contribution in [3.8, 4) is 21.9 Å². The molecule has 32 heavy (non-hydrogen) atoms. The van der Waals surface area contributed by atoms with E-state index in [0.29, 0.717) is 11.3 Å². The van der Waals surface area contributed by atoms with Crippen LogP contribution in [0.15, 0.2) is 89.3 Å². The molecule has 0 bridgehead atoms. The summed E-state index contributed by atoms with van der Waals surface area (Å²) in [5, 5.41) is 15.0. The Hall–Kier alpha value is -4.30. The number of amides is 1. The Morgan fingerprint density at radius 2 is 1.62 bits per heavy atom. The van der Waals surface area contributed by atoms with Crippen LogP contribution >= 0.6 is 11.3 Å². The largest absolute Gasteiger partial charge is 0.451 e. The summed E-state index contributed by atoms with van der Waals surface area (Å²) in [7, 11) is 0. The number of nitro benzene ring substituents is 1. The molecule has 0 saturated heterocycles. The van der Waals surface area contributed by atoms with Crippen molar-refractivity contribution in [2.24, 2.45) is 0 Å². The van der Waals surface area contributed by atoms with E-state index >= 15 is 0 Å². The molecular formula is C24H15N3O4S. The van der Waals surface area contributed by atoms with Crippen molar-refractivity contribution in [3.63, 3.8) is 0 Å². The van der Waals surface area contributed by atoms with Crippen LogP contribution in [0.5, 0.6) is 0 Å². The third-order valence-corrected chi connectivity index (χ3v) is 5.97. The molecule has 0 unspecified atom stereocenters. The van der Waals surface area contributed by atoms with Crippen LogP contribution in [0, 0.1) is 10.1 Å². The van der Waals surface area contributed by atoms with Gasteiger partial charge in [0.1, 0.15) is 10.8 Å². The minimum atomic E-state index is -0.480. The summed E-state index contributed by atoms with van der Waals surface area (Å²) in [6.45, 7) is 0. The van der Waals surface area contributed by atoms with Gasteiger partial charge >= 0.3 is 0 Å². The molecule has 0 atom stereocenters. The molecule has 8 heteroatoms. The van der Waals surface area contributed by atoms with Crippen LogP contribution in [-0.4, -0.2) is 15.8 Å². The number of carbonyl (C=O) groups excluding carboxylic acids is 1. The first-order valence-corrected chi connectivity index (χ1v) is 10.5. The van der Waals surface area contributed by atoms with Crippen molar-refractivity contribution in [1.82, 2.24) is 4.98 Å². The fraction of sp³-hybridized carbons (Fsp3) is 0. The van der Waals surface area contributed by atoms with Gasteiger partial charge in [-0.2, -0.15) is 0 Å². The molecule has 0 saturated carbocycles. The van der Waals surface area contributed by atoms with E-state index in [1.165, 1.54) is 12.1 Å². The predicted molar refractivity (Wildman–Crippen MR) is 124 cm³/mol. The lowest BCUT2D eigenvalue weighted by molar-refractivity contribution is -0.384. The average molecular weight is 441 g/mol. The van der Waals surface area contributed by atoms with Crippen molar-refractivity contribution in [2.75, 3.05) is 5.32 Å². The lowest BCUT2D eigenvalue weighted by atomic mass is 10.1. The number of benzene rings is 3. The maximum atomic E-state index is 12.9. The van der Waals surface area contributed by atoms with Crippen LogP contribution in [0.1, 0.15) is 10.6 Å². The zero-order valence-corrected chi connectivity index (χ0v) is 17.3. The van der Waals surface area contributed by atoms with Gasteiger partial charge in [0.15, 0.2) is 5.76 Å². The van der Waals surface area contributed by atoms with Gasteiger partial charge in [-0.15, -0.1) is 11.3 Å². The van der Waals surface area contributed by atoms with Crippen molar-refractivity contribution < 1.29 is 14.1 Å². The first-order chi connectivity index (χ1) is 15.6. The molecule has 0 fully saturated rings. The second-order valence-electron chi connectivity index (χ2n) is 6.92. The molecule has 3 aromatic carbocycles. The highest BCUT2D eigenvalue weighted by atomic mass is 32.1. The first-order valence-electron chi connectivity index (χ1n) is 9.70. The Labute approximate surface area is 186 Å². The second kappa shape index (κ2) is 8.09. The Morgan fingerprint density at radius 3 is 2.44 bits per heavy atom. The summed E-state index contributed by atoms with van der Waals surface area (Å²) in [4.78, 5) is 28.4. The molecule has 0 radical (unpaired) electrons. The zero-order chi connectivity index (χ0) is 22.1. The van der Waals surface area contributed by atoms with Crippen LogP contribution in [-0.2, 0) is 0 Å². The van der Waals surface area contributed by atoms with Gasteiger partial charge in [0.2, 0.25) is 0 Å². The van der Waals surface area contributed by atoms with Gasteiger partial charge in [0.25, 0.3) is 11.6 Å². The van der Waals surface area contributed by atoms with Gasteiger partial charge in [0, 0.05) is 11.6 Å². The lowest BCUT2D eigenvalue weighted by Crippen LogP contribution is -2.11. The lowest BCUT2D eigenvalue weighted by Gasteiger charge is -2.08. The van der Waals surface area contributed by atoms with Gasteiger partial charge in [-0.3, -0.25) is 14.9 Å². The van der Waals surface area contributed by atoms with Crippen LogP contribution in [0.2, 0.25) is 0 Å². The number of aromatic nitrogens is 1. The first kappa shape index (κ1) is 19.7. The predicted octanol–water partition coefficient (Wildman–Crippen LogP) is 6.38. The minimum absolute atomic E-state index is 0.0530. The standard InChI is InChI=1S/C24H15N3O4S/c28-23(21-14-13-20(31-21)16-8-2-5-11-19(16)27(29)30)25-17-9-3-1-7-15(17)24-26-18-10-4-6-12-22(18)32-24/h1-14H,(H,25,28). The molecule has 0 aliphatic carbocycles. The molecule has 2 heterocycles. The van der Waals surface area contributed by atoms with E-state index in [-0.39, 0.29) is 17.2 Å². The van der Waals surface area contributed by atoms with Gasteiger partial charge in [0.05, 0.1) is 26.4 Å². The summed E-state index contributed by atoms with van der Waals surface area (Å²) in [5.41, 5.74) is 2.52. The molecule has 7 nitrogen and oxygen atoms in total. The fourth-order valence-electron chi connectivity index (χ4n) is 3.40. The van der Waals surface area contributed by atoms with Gasteiger partial charge in [-0.05, 0) is 42.5 Å². The number of anilines is 1. The van der Waals surface area contributed by atoms with Crippen LogP contribution in [0.25, 0.3) is 32.1 Å². The smallest absolute Gasteiger partial charge is 0.291 e. The molecular weight excluding hydrogens is 426 g/mol. The SMILES string of the molecule is O=C(Nc1ccccc1-c1nc2ccccc2s1)c1ccc(-c2ccccc2[N+](=O)[O-])o1. The van der Waals surface area contributed by atoms with E-state index in [2.05, 4.69) is 10.3 Å².